The molecule has 0 aliphatic carbocycles. The van der Waals surface area contributed by atoms with Crippen LogP contribution in [0.25, 0.3) is 0 Å². The number of rotatable bonds is 3. The zero-order chi connectivity index (χ0) is 13.8. The maximum atomic E-state index is 13.4. The first-order valence-electron chi connectivity index (χ1n) is 6.29. The normalized spacial score (nSPS) is 16.2. The summed E-state index contributed by atoms with van der Waals surface area (Å²) >= 11 is 0. The van der Waals surface area contributed by atoms with Crippen LogP contribution in [0.3, 0.4) is 0 Å². The number of pyridine rings is 1. The zero-order valence-corrected chi connectivity index (χ0v) is 10.7. The van der Waals surface area contributed by atoms with Crippen LogP contribution in [0.4, 0.5) is 4.39 Å². The first-order chi connectivity index (χ1) is 9.09. The standard InChI is InChI=1S/C13H16FN3O2/c1-9(13(19)17-6-2-3-7-17)16-12(18)10-4-5-15-8-11(10)14/h4-5,8-9H,2-3,6-7H2,1H3,(H,16,18). The molecule has 0 saturated carbocycles. The highest BCUT2D eigenvalue weighted by Gasteiger charge is 2.25. The van der Waals surface area contributed by atoms with Gasteiger partial charge in [-0.3, -0.25) is 14.6 Å². The molecule has 1 N–H and O–H groups in total. The largest absolute Gasteiger partial charge is 0.341 e. The van der Waals surface area contributed by atoms with Crippen LogP contribution in [0.5, 0.6) is 0 Å². The highest BCUT2D eigenvalue weighted by Crippen LogP contribution is 2.10. The Bertz CT molecular complexity index is 487. The molecule has 1 aliphatic rings. The molecule has 1 unspecified atom stereocenters. The third-order valence-electron chi connectivity index (χ3n) is 3.15. The topological polar surface area (TPSA) is 62.3 Å². The minimum absolute atomic E-state index is 0.101. The van der Waals surface area contributed by atoms with Gasteiger partial charge in [-0.15, -0.1) is 0 Å². The van der Waals surface area contributed by atoms with Gasteiger partial charge in [0.1, 0.15) is 6.04 Å². The van der Waals surface area contributed by atoms with Gasteiger partial charge in [-0.25, -0.2) is 4.39 Å². The van der Waals surface area contributed by atoms with Gasteiger partial charge in [0, 0.05) is 19.3 Å². The molecule has 1 aliphatic heterocycles. The Morgan fingerprint density at radius 2 is 2.11 bits per heavy atom. The summed E-state index contributed by atoms with van der Waals surface area (Å²) in [4.78, 5) is 29.1. The number of likely N-dealkylation sites (tertiary alicyclic amines) is 1. The van der Waals surface area contributed by atoms with Crippen LogP contribution < -0.4 is 5.32 Å². The third-order valence-corrected chi connectivity index (χ3v) is 3.15. The first-order valence-corrected chi connectivity index (χ1v) is 6.29. The molecule has 0 radical (unpaired) electrons. The lowest BCUT2D eigenvalue weighted by Gasteiger charge is -2.21. The second kappa shape index (κ2) is 5.77. The third kappa shape index (κ3) is 3.07. The Morgan fingerprint density at radius 3 is 2.74 bits per heavy atom. The molecule has 1 fully saturated rings. The Hall–Kier alpha value is -1.98. The number of nitrogens with one attached hydrogen (secondary N) is 1. The van der Waals surface area contributed by atoms with Gasteiger partial charge in [0.2, 0.25) is 5.91 Å². The molecule has 2 rings (SSSR count). The summed E-state index contributed by atoms with van der Waals surface area (Å²) in [5.41, 5.74) is -0.101. The molecule has 6 heteroatoms. The fraction of sp³-hybridized carbons (Fsp3) is 0.462. The molecule has 102 valence electrons. The lowest BCUT2D eigenvalue weighted by atomic mass is 10.2. The van der Waals surface area contributed by atoms with E-state index in [0.29, 0.717) is 0 Å². The van der Waals surface area contributed by atoms with Crippen LogP contribution in [0.2, 0.25) is 0 Å². The number of aromatic nitrogens is 1. The number of amides is 2. The van der Waals surface area contributed by atoms with Crippen molar-refractivity contribution in [3.63, 3.8) is 0 Å². The van der Waals surface area contributed by atoms with E-state index >= 15 is 0 Å². The molecule has 2 amide bonds. The molecular weight excluding hydrogens is 249 g/mol. The predicted octanol–water partition coefficient (Wildman–Crippen LogP) is 0.961. The minimum atomic E-state index is -0.694. The van der Waals surface area contributed by atoms with E-state index in [4.69, 9.17) is 0 Å². The molecule has 0 spiro atoms. The Balaban J connectivity index is 1.98. The summed E-state index contributed by atoms with van der Waals surface area (Å²) in [5, 5.41) is 2.52. The highest BCUT2D eigenvalue weighted by molar-refractivity contribution is 5.97. The molecule has 1 saturated heterocycles. The average molecular weight is 265 g/mol. The van der Waals surface area contributed by atoms with Crippen molar-refractivity contribution < 1.29 is 14.0 Å². The number of carbonyl (C=O) groups excluding carboxylic acids is 2. The molecule has 5 nitrogen and oxygen atoms in total. The van der Waals surface area contributed by atoms with Crippen molar-refractivity contribution >= 4 is 11.8 Å². The number of nitrogens with zero attached hydrogens (tertiary/aromatic N) is 2. The van der Waals surface area contributed by atoms with Crippen LogP contribution in [0.1, 0.15) is 30.1 Å². The molecular formula is C13H16FN3O2. The van der Waals surface area contributed by atoms with E-state index in [1.54, 1.807) is 11.8 Å². The Morgan fingerprint density at radius 1 is 1.42 bits per heavy atom. The van der Waals surface area contributed by atoms with Gasteiger partial charge in [-0.2, -0.15) is 0 Å². The molecule has 1 atom stereocenters. The summed E-state index contributed by atoms with van der Waals surface area (Å²) in [5.74, 6) is -1.42. The second-order valence-electron chi connectivity index (χ2n) is 4.58. The maximum Gasteiger partial charge on any atom is 0.255 e. The maximum absolute atomic E-state index is 13.4. The summed E-state index contributed by atoms with van der Waals surface area (Å²) in [6.45, 7) is 3.06. The highest BCUT2D eigenvalue weighted by atomic mass is 19.1. The van der Waals surface area contributed by atoms with E-state index in [2.05, 4.69) is 10.3 Å². The smallest absolute Gasteiger partial charge is 0.255 e. The van der Waals surface area contributed by atoms with Crippen LogP contribution in [-0.4, -0.2) is 40.8 Å². The van der Waals surface area contributed by atoms with Crippen molar-refractivity contribution in [2.45, 2.75) is 25.8 Å². The van der Waals surface area contributed by atoms with Crippen LogP contribution in [-0.2, 0) is 4.79 Å². The van der Waals surface area contributed by atoms with Gasteiger partial charge in [0.15, 0.2) is 5.82 Å². The van der Waals surface area contributed by atoms with E-state index in [0.717, 1.165) is 32.1 Å². The van der Waals surface area contributed by atoms with Gasteiger partial charge < -0.3 is 10.2 Å². The van der Waals surface area contributed by atoms with E-state index in [9.17, 15) is 14.0 Å². The van der Waals surface area contributed by atoms with Gasteiger partial charge in [0.05, 0.1) is 11.8 Å². The Labute approximate surface area is 110 Å². The summed E-state index contributed by atoms with van der Waals surface area (Å²) in [7, 11) is 0. The number of halogens is 1. The van der Waals surface area contributed by atoms with Crippen molar-refractivity contribution in [3.05, 3.63) is 29.8 Å². The fourth-order valence-corrected chi connectivity index (χ4v) is 2.11. The van der Waals surface area contributed by atoms with Crippen LogP contribution >= 0.6 is 0 Å². The second-order valence-corrected chi connectivity index (χ2v) is 4.58. The fourth-order valence-electron chi connectivity index (χ4n) is 2.11. The summed E-state index contributed by atoms with van der Waals surface area (Å²) in [6, 6.07) is 0.635. The molecule has 1 aromatic rings. The van der Waals surface area contributed by atoms with E-state index < -0.39 is 17.8 Å². The zero-order valence-electron chi connectivity index (χ0n) is 10.7. The van der Waals surface area contributed by atoms with E-state index in [-0.39, 0.29) is 11.5 Å². The first kappa shape index (κ1) is 13.5. The average Bonchev–Trinajstić information content (AvgIpc) is 2.92. The Kier molecular flexibility index (Phi) is 4.09. The molecule has 0 bridgehead atoms. The lowest BCUT2D eigenvalue weighted by Crippen LogP contribution is -2.46. The van der Waals surface area contributed by atoms with Crippen LogP contribution in [0, 0.1) is 5.82 Å². The van der Waals surface area contributed by atoms with Gasteiger partial charge in [0.25, 0.3) is 5.91 Å². The molecule has 0 aromatic carbocycles. The monoisotopic (exact) mass is 265 g/mol. The van der Waals surface area contributed by atoms with Crippen molar-refractivity contribution in [1.82, 2.24) is 15.2 Å². The number of hydrogen-bond acceptors (Lipinski definition) is 3. The van der Waals surface area contributed by atoms with Crippen molar-refractivity contribution in [2.24, 2.45) is 0 Å². The van der Waals surface area contributed by atoms with Gasteiger partial charge in [-0.1, -0.05) is 0 Å². The predicted molar refractivity (Wildman–Crippen MR) is 66.9 cm³/mol. The summed E-state index contributed by atoms with van der Waals surface area (Å²) < 4.78 is 13.4. The van der Waals surface area contributed by atoms with Gasteiger partial charge >= 0.3 is 0 Å². The minimum Gasteiger partial charge on any atom is -0.341 e. The quantitative estimate of drug-likeness (QED) is 0.885. The van der Waals surface area contributed by atoms with Crippen molar-refractivity contribution in [1.29, 1.82) is 0 Å². The number of carbonyl (C=O) groups is 2. The summed E-state index contributed by atoms with van der Waals surface area (Å²) in [6.07, 6.45) is 4.30. The van der Waals surface area contributed by atoms with Gasteiger partial charge in [-0.05, 0) is 25.8 Å². The van der Waals surface area contributed by atoms with E-state index in [1.807, 2.05) is 0 Å². The van der Waals surface area contributed by atoms with Crippen molar-refractivity contribution in [2.75, 3.05) is 13.1 Å². The molecule has 1 aromatic heterocycles. The lowest BCUT2D eigenvalue weighted by molar-refractivity contribution is -0.131. The molecule has 19 heavy (non-hydrogen) atoms. The van der Waals surface area contributed by atoms with Crippen LogP contribution in [0.15, 0.2) is 18.5 Å². The van der Waals surface area contributed by atoms with E-state index in [1.165, 1.54) is 12.3 Å². The molecule has 2 heterocycles. The number of hydrogen-bond donors (Lipinski definition) is 1. The van der Waals surface area contributed by atoms with Crippen molar-refractivity contribution in [3.8, 4) is 0 Å². The SMILES string of the molecule is CC(NC(=O)c1ccncc1F)C(=O)N1CCCC1.